The van der Waals surface area contributed by atoms with Gasteiger partial charge in [0.2, 0.25) is 11.9 Å². The van der Waals surface area contributed by atoms with E-state index in [4.69, 9.17) is 4.98 Å². The van der Waals surface area contributed by atoms with E-state index in [9.17, 15) is 4.79 Å². The highest BCUT2D eigenvalue weighted by molar-refractivity contribution is 7.98. The number of hydrogen-bond acceptors (Lipinski definition) is 7. The first-order valence-electron chi connectivity index (χ1n) is 9.55. The molecule has 1 aliphatic rings. The van der Waals surface area contributed by atoms with Crippen LogP contribution in [0.4, 0.5) is 28.8 Å². The topological polar surface area (TPSA) is 78.9 Å². The van der Waals surface area contributed by atoms with Crippen LogP contribution in [0, 0.1) is 0 Å². The van der Waals surface area contributed by atoms with Gasteiger partial charge in [-0.05, 0) is 60.0 Å². The van der Waals surface area contributed by atoms with Gasteiger partial charge in [0.05, 0.1) is 15.9 Å². The van der Waals surface area contributed by atoms with Gasteiger partial charge < -0.3 is 16.0 Å². The van der Waals surface area contributed by atoms with Gasteiger partial charge in [-0.3, -0.25) is 4.79 Å². The third-order valence-electron chi connectivity index (χ3n) is 4.92. The number of para-hydroxylation sites is 1. The van der Waals surface area contributed by atoms with Gasteiger partial charge in [0.1, 0.15) is 0 Å². The lowest BCUT2D eigenvalue weighted by Gasteiger charge is -2.18. The van der Waals surface area contributed by atoms with E-state index in [2.05, 4.69) is 39.3 Å². The zero-order valence-electron chi connectivity index (χ0n) is 16.2. The quantitative estimate of drug-likeness (QED) is 0.346. The zero-order chi connectivity index (χ0) is 20.5. The van der Waals surface area contributed by atoms with Crippen LogP contribution in [0.1, 0.15) is 12.0 Å². The van der Waals surface area contributed by atoms with Crippen molar-refractivity contribution in [3.8, 4) is 0 Å². The molecule has 0 bridgehead atoms. The van der Waals surface area contributed by atoms with Gasteiger partial charge in [-0.1, -0.05) is 12.1 Å². The maximum Gasteiger partial charge on any atom is 0.229 e. The maximum absolute atomic E-state index is 11.6. The molecule has 1 amide bonds. The molecular weight excluding hydrogens is 414 g/mol. The van der Waals surface area contributed by atoms with Crippen molar-refractivity contribution in [3.63, 3.8) is 0 Å². The minimum atomic E-state index is 0.0655. The molecule has 30 heavy (non-hydrogen) atoms. The molecule has 6 nitrogen and oxygen atoms in total. The molecule has 0 fully saturated rings. The maximum atomic E-state index is 11.6. The third-order valence-corrected chi connectivity index (χ3v) is 6.63. The standard InChI is InChI=1S/C22H19N5OS2/c1-29-18-5-3-2-4-16(18)25-21-20-17(10-11-30-20)26-22(27-21)23-14-7-8-15-13(12-14)6-9-19(28)24-15/h2-5,7-8,10-12H,6,9H2,1H3,(H,24,28)(H2,23,25,26,27). The Labute approximate surface area is 182 Å². The molecule has 0 radical (unpaired) electrons. The van der Waals surface area contributed by atoms with Crippen LogP contribution in [0.25, 0.3) is 10.2 Å². The number of carbonyl (C=O) groups excluding carboxylic acids is 1. The molecule has 5 rings (SSSR count). The number of benzene rings is 2. The first-order chi connectivity index (χ1) is 14.7. The van der Waals surface area contributed by atoms with Crippen molar-refractivity contribution in [2.45, 2.75) is 17.7 Å². The van der Waals surface area contributed by atoms with E-state index in [0.717, 1.165) is 50.0 Å². The Morgan fingerprint density at radius 3 is 2.87 bits per heavy atom. The third kappa shape index (κ3) is 3.71. The molecule has 3 N–H and O–H groups in total. The number of fused-ring (bicyclic) bond motifs is 2. The normalized spacial score (nSPS) is 13.0. The average molecular weight is 434 g/mol. The van der Waals surface area contributed by atoms with Gasteiger partial charge in [-0.25, -0.2) is 4.98 Å². The summed E-state index contributed by atoms with van der Waals surface area (Å²) in [5.41, 5.74) is 4.81. The van der Waals surface area contributed by atoms with E-state index >= 15 is 0 Å². The van der Waals surface area contributed by atoms with Crippen molar-refractivity contribution < 1.29 is 4.79 Å². The summed E-state index contributed by atoms with van der Waals surface area (Å²) < 4.78 is 1.02. The first-order valence-corrected chi connectivity index (χ1v) is 11.6. The van der Waals surface area contributed by atoms with Crippen LogP contribution in [0.3, 0.4) is 0 Å². The summed E-state index contributed by atoms with van der Waals surface area (Å²) in [4.78, 5) is 22.2. The lowest BCUT2D eigenvalue weighted by atomic mass is 10.0. The first kappa shape index (κ1) is 18.9. The fourth-order valence-corrected chi connectivity index (χ4v) is 4.80. The smallest absolute Gasteiger partial charge is 0.229 e. The fourth-order valence-electron chi connectivity index (χ4n) is 3.47. The molecule has 0 atom stereocenters. The summed E-state index contributed by atoms with van der Waals surface area (Å²) in [6.07, 6.45) is 3.31. The number of amides is 1. The predicted octanol–water partition coefficient (Wildman–Crippen LogP) is 5.79. The number of nitrogens with zero attached hydrogens (tertiary/aromatic N) is 2. The SMILES string of the molecule is CSc1ccccc1Nc1nc(Nc2ccc3c(c2)CCC(=O)N3)nc2ccsc12. The molecule has 0 spiro atoms. The van der Waals surface area contributed by atoms with E-state index in [0.29, 0.717) is 12.4 Å². The van der Waals surface area contributed by atoms with Crippen molar-refractivity contribution in [1.82, 2.24) is 9.97 Å². The van der Waals surface area contributed by atoms with Gasteiger partial charge in [0.25, 0.3) is 0 Å². The second kappa shape index (κ2) is 7.97. The van der Waals surface area contributed by atoms with Crippen molar-refractivity contribution in [2.24, 2.45) is 0 Å². The van der Waals surface area contributed by atoms with Gasteiger partial charge >= 0.3 is 0 Å². The predicted molar refractivity (Wildman–Crippen MR) is 126 cm³/mol. The minimum absolute atomic E-state index is 0.0655. The summed E-state index contributed by atoms with van der Waals surface area (Å²) in [5.74, 6) is 1.38. The Hall–Kier alpha value is -3.10. The van der Waals surface area contributed by atoms with Crippen LogP contribution in [0.5, 0.6) is 0 Å². The molecule has 2 aromatic carbocycles. The van der Waals surface area contributed by atoms with Gasteiger partial charge in [0.15, 0.2) is 5.82 Å². The Kier molecular flexibility index (Phi) is 5.02. The molecule has 4 aromatic rings. The molecule has 1 aliphatic heterocycles. The summed E-state index contributed by atoms with van der Waals surface area (Å²) in [5, 5.41) is 11.7. The Morgan fingerprint density at radius 1 is 1.07 bits per heavy atom. The van der Waals surface area contributed by atoms with Crippen molar-refractivity contribution in [2.75, 3.05) is 22.2 Å². The van der Waals surface area contributed by atoms with Crippen LogP contribution < -0.4 is 16.0 Å². The fraction of sp³-hybridized carbons (Fsp3) is 0.136. The molecular formula is C22H19N5OS2. The summed E-state index contributed by atoms with van der Waals surface area (Å²) in [6, 6.07) is 16.1. The largest absolute Gasteiger partial charge is 0.338 e. The number of aryl methyl sites for hydroxylation is 1. The molecule has 3 heterocycles. The van der Waals surface area contributed by atoms with Crippen LogP contribution in [0.15, 0.2) is 58.8 Å². The number of aromatic nitrogens is 2. The molecule has 0 unspecified atom stereocenters. The van der Waals surface area contributed by atoms with E-state index < -0.39 is 0 Å². The number of anilines is 5. The zero-order valence-corrected chi connectivity index (χ0v) is 17.9. The minimum Gasteiger partial charge on any atom is -0.338 e. The number of thioether (sulfide) groups is 1. The molecule has 0 saturated heterocycles. The number of thiophene rings is 1. The Bertz CT molecular complexity index is 1250. The van der Waals surface area contributed by atoms with Gasteiger partial charge in [0, 0.05) is 22.7 Å². The summed E-state index contributed by atoms with van der Waals surface area (Å²) in [6.45, 7) is 0. The Morgan fingerprint density at radius 2 is 1.97 bits per heavy atom. The van der Waals surface area contributed by atoms with Crippen molar-refractivity contribution in [3.05, 3.63) is 59.5 Å². The van der Waals surface area contributed by atoms with Crippen LogP contribution in [0.2, 0.25) is 0 Å². The van der Waals surface area contributed by atoms with E-state index in [1.165, 1.54) is 0 Å². The number of rotatable bonds is 5. The molecule has 150 valence electrons. The summed E-state index contributed by atoms with van der Waals surface area (Å²) >= 11 is 3.31. The Balaban J connectivity index is 1.48. The summed E-state index contributed by atoms with van der Waals surface area (Å²) in [7, 11) is 0. The highest BCUT2D eigenvalue weighted by atomic mass is 32.2. The second-order valence-corrected chi connectivity index (χ2v) is 8.67. The molecule has 2 aromatic heterocycles. The number of hydrogen-bond donors (Lipinski definition) is 3. The number of nitrogens with one attached hydrogen (secondary N) is 3. The lowest BCUT2D eigenvalue weighted by Crippen LogP contribution is -2.18. The highest BCUT2D eigenvalue weighted by Crippen LogP contribution is 2.34. The van der Waals surface area contributed by atoms with Crippen LogP contribution in [-0.2, 0) is 11.2 Å². The molecule has 0 aliphatic carbocycles. The van der Waals surface area contributed by atoms with Crippen LogP contribution >= 0.6 is 23.1 Å². The van der Waals surface area contributed by atoms with Gasteiger partial charge in [-0.2, -0.15) is 4.98 Å². The van der Waals surface area contributed by atoms with E-state index in [1.54, 1.807) is 23.1 Å². The molecule has 0 saturated carbocycles. The average Bonchev–Trinajstić information content (AvgIpc) is 3.23. The second-order valence-electron chi connectivity index (χ2n) is 6.90. The van der Waals surface area contributed by atoms with Gasteiger partial charge in [-0.15, -0.1) is 23.1 Å². The van der Waals surface area contributed by atoms with Crippen molar-refractivity contribution >= 4 is 68.1 Å². The van der Waals surface area contributed by atoms with Crippen molar-refractivity contribution in [1.29, 1.82) is 0 Å². The van der Waals surface area contributed by atoms with E-state index in [1.807, 2.05) is 41.8 Å². The number of carbonyl (C=O) groups is 1. The highest BCUT2D eigenvalue weighted by Gasteiger charge is 2.16. The van der Waals surface area contributed by atoms with Crippen LogP contribution in [-0.4, -0.2) is 22.1 Å². The lowest BCUT2D eigenvalue weighted by molar-refractivity contribution is -0.116. The monoisotopic (exact) mass is 433 g/mol. The van der Waals surface area contributed by atoms with E-state index in [-0.39, 0.29) is 5.91 Å². The molecule has 8 heteroatoms.